The molecule has 3 nitrogen and oxygen atoms in total. The summed E-state index contributed by atoms with van der Waals surface area (Å²) in [6.45, 7) is 1.97. The van der Waals surface area contributed by atoms with Crippen LogP contribution < -0.4 is 15.8 Å². The molecule has 0 heterocycles. The van der Waals surface area contributed by atoms with Crippen LogP contribution in [0.4, 0.5) is 5.69 Å². The molecule has 0 spiro atoms. The minimum absolute atomic E-state index is 0.254. The molecule has 0 unspecified atom stereocenters. The van der Waals surface area contributed by atoms with E-state index in [1.807, 2.05) is 49.4 Å². The Morgan fingerprint density at radius 2 is 1.79 bits per heavy atom. The molecule has 0 fully saturated rings. The highest BCUT2D eigenvalue weighted by Crippen LogP contribution is 2.26. The van der Waals surface area contributed by atoms with Crippen molar-refractivity contribution in [2.45, 2.75) is 6.92 Å². The highest BCUT2D eigenvalue weighted by Gasteiger charge is 2.02. The second-order valence-corrected chi connectivity index (χ2v) is 5.38. The molecule has 98 valence electrons. The van der Waals surface area contributed by atoms with Gasteiger partial charge in [0.05, 0.1) is 0 Å². The first-order chi connectivity index (χ1) is 9.04. The first-order valence-corrected chi connectivity index (χ1v) is 6.85. The number of ether oxygens (including phenoxy) is 1. The van der Waals surface area contributed by atoms with E-state index in [0.29, 0.717) is 0 Å². The molecule has 2 aromatic carbocycles. The summed E-state index contributed by atoms with van der Waals surface area (Å²) in [6, 6.07) is 13.4. The lowest BCUT2D eigenvalue weighted by Gasteiger charge is -2.11. The Labute approximate surface area is 125 Å². The molecule has 0 radical (unpaired) electrons. The molecule has 0 atom stereocenters. The monoisotopic (exact) mass is 336 g/mol. The van der Waals surface area contributed by atoms with Gasteiger partial charge >= 0.3 is 0 Å². The number of aryl methyl sites for hydroxylation is 1. The van der Waals surface area contributed by atoms with E-state index in [0.717, 1.165) is 27.2 Å². The van der Waals surface area contributed by atoms with Crippen molar-refractivity contribution in [1.29, 1.82) is 0 Å². The molecule has 2 aromatic rings. The molecule has 0 bridgehead atoms. The maximum Gasteiger partial charge on any atom is 0.168 e. The number of halogens is 1. The van der Waals surface area contributed by atoms with Crippen LogP contribution in [0.15, 0.2) is 46.9 Å². The third-order valence-corrected chi connectivity index (χ3v) is 3.14. The number of nitrogens with two attached hydrogens (primary N) is 1. The number of anilines is 1. The standard InChI is InChI=1S/C14H13BrN2OS/c1-9-8-12(6-7-13(9)17-14(16)19)18-11-4-2-10(15)3-5-11/h2-8H,1H3,(H3,16,17,19). The second-order valence-electron chi connectivity index (χ2n) is 4.02. The van der Waals surface area contributed by atoms with Gasteiger partial charge in [-0.15, -0.1) is 0 Å². The largest absolute Gasteiger partial charge is 0.457 e. The molecule has 19 heavy (non-hydrogen) atoms. The first-order valence-electron chi connectivity index (χ1n) is 5.65. The van der Waals surface area contributed by atoms with Crippen LogP contribution in [0.3, 0.4) is 0 Å². The van der Waals surface area contributed by atoms with Crippen molar-refractivity contribution in [3.63, 3.8) is 0 Å². The number of hydrogen-bond donors (Lipinski definition) is 2. The predicted octanol–water partition coefficient (Wildman–Crippen LogP) is 4.21. The maximum atomic E-state index is 5.76. The van der Waals surface area contributed by atoms with Gasteiger partial charge < -0.3 is 15.8 Å². The van der Waals surface area contributed by atoms with Crippen molar-refractivity contribution < 1.29 is 4.74 Å². The van der Waals surface area contributed by atoms with Crippen LogP contribution in [-0.2, 0) is 0 Å². The van der Waals surface area contributed by atoms with E-state index >= 15 is 0 Å². The summed E-state index contributed by atoms with van der Waals surface area (Å²) >= 11 is 8.21. The third-order valence-electron chi connectivity index (χ3n) is 2.51. The minimum atomic E-state index is 0.254. The van der Waals surface area contributed by atoms with Crippen molar-refractivity contribution in [3.05, 3.63) is 52.5 Å². The van der Waals surface area contributed by atoms with Crippen molar-refractivity contribution in [1.82, 2.24) is 0 Å². The lowest BCUT2D eigenvalue weighted by Crippen LogP contribution is -2.19. The summed E-state index contributed by atoms with van der Waals surface area (Å²) in [5.41, 5.74) is 7.35. The number of thiocarbonyl (C=S) groups is 1. The first kappa shape index (κ1) is 13.8. The van der Waals surface area contributed by atoms with Gasteiger partial charge in [-0.3, -0.25) is 0 Å². The van der Waals surface area contributed by atoms with Crippen LogP contribution in [0.5, 0.6) is 11.5 Å². The van der Waals surface area contributed by atoms with E-state index < -0.39 is 0 Å². The molecule has 5 heteroatoms. The molecule has 0 amide bonds. The van der Waals surface area contributed by atoms with E-state index in [1.165, 1.54) is 0 Å². The summed E-state index contributed by atoms with van der Waals surface area (Å²) < 4.78 is 6.78. The van der Waals surface area contributed by atoms with Gasteiger partial charge in [0.15, 0.2) is 5.11 Å². The molecule has 0 saturated carbocycles. The van der Waals surface area contributed by atoms with Gasteiger partial charge in [0.25, 0.3) is 0 Å². The van der Waals surface area contributed by atoms with E-state index in [1.54, 1.807) is 0 Å². The van der Waals surface area contributed by atoms with Gasteiger partial charge in [0, 0.05) is 10.2 Å². The lowest BCUT2D eigenvalue weighted by molar-refractivity contribution is 0.482. The average Bonchev–Trinajstić information content (AvgIpc) is 2.35. The van der Waals surface area contributed by atoms with Crippen LogP contribution in [0, 0.1) is 6.92 Å². The zero-order valence-electron chi connectivity index (χ0n) is 10.3. The highest BCUT2D eigenvalue weighted by atomic mass is 79.9. The zero-order valence-corrected chi connectivity index (χ0v) is 12.7. The second kappa shape index (κ2) is 6.04. The minimum Gasteiger partial charge on any atom is -0.457 e. The third kappa shape index (κ3) is 3.94. The Morgan fingerprint density at radius 1 is 1.16 bits per heavy atom. The molecule has 0 saturated heterocycles. The Balaban J connectivity index is 2.15. The van der Waals surface area contributed by atoms with Crippen LogP contribution in [-0.4, -0.2) is 5.11 Å². The predicted molar refractivity (Wildman–Crippen MR) is 85.8 cm³/mol. The molecule has 3 N–H and O–H groups in total. The fraction of sp³-hybridized carbons (Fsp3) is 0.0714. The van der Waals surface area contributed by atoms with E-state index in [2.05, 4.69) is 21.2 Å². The molecule has 0 aromatic heterocycles. The SMILES string of the molecule is Cc1cc(Oc2ccc(Br)cc2)ccc1NC(N)=S. The molecule has 2 rings (SSSR count). The van der Waals surface area contributed by atoms with Crippen LogP contribution >= 0.6 is 28.1 Å². The molecule has 0 aliphatic rings. The van der Waals surface area contributed by atoms with Crippen molar-refractivity contribution in [2.75, 3.05) is 5.32 Å². The van der Waals surface area contributed by atoms with Crippen LogP contribution in [0.25, 0.3) is 0 Å². The Morgan fingerprint density at radius 3 is 2.37 bits per heavy atom. The summed E-state index contributed by atoms with van der Waals surface area (Å²) in [5, 5.41) is 3.17. The van der Waals surface area contributed by atoms with Gasteiger partial charge in [-0.05, 0) is 67.2 Å². The number of benzene rings is 2. The highest BCUT2D eigenvalue weighted by molar-refractivity contribution is 9.10. The number of hydrogen-bond acceptors (Lipinski definition) is 2. The molecular weight excluding hydrogens is 324 g/mol. The topological polar surface area (TPSA) is 47.3 Å². The molecular formula is C14H13BrN2OS. The van der Waals surface area contributed by atoms with Gasteiger partial charge in [0.1, 0.15) is 11.5 Å². The van der Waals surface area contributed by atoms with Gasteiger partial charge in [-0.2, -0.15) is 0 Å². The fourth-order valence-electron chi connectivity index (χ4n) is 1.61. The summed E-state index contributed by atoms with van der Waals surface area (Å²) in [7, 11) is 0. The van der Waals surface area contributed by atoms with Crippen LogP contribution in [0.2, 0.25) is 0 Å². The van der Waals surface area contributed by atoms with E-state index in [-0.39, 0.29) is 5.11 Å². The average molecular weight is 337 g/mol. The van der Waals surface area contributed by atoms with E-state index in [4.69, 9.17) is 22.7 Å². The quantitative estimate of drug-likeness (QED) is 0.824. The normalized spacial score (nSPS) is 10.0. The van der Waals surface area contributed by atoms with Gasteiger partial charge in [-0.1, -0.05) is 15.9 Å². The lowest BCUT2D eigenvalue weighted by atomic mass is 10.2. The van der Waals surface area contributed by atoms with Crippen molar-refractivity contribution >= 4 is 38.9 Å². The maximum absolute atomic E-state index is 5.76. The van der Waals surface area contributed by atoms with E-state index in [9.17, 15) is 0 Å². The van der Waals surface area contributed by atoms with Crippen molar-refractivity contribution in [3.8, 4) is 11.5 Å². The van der Waals surface area contributed by atoms with Crippen molar-refractivity contribution in [2.24, 2.45) is 5.73 Å². The summed E-state index contributed by atoms with van der Waals surface area (Å²) in [6.07, 6.45) is 0. The van der Waals surface area contributed by atoms with Gasteiger partial charge in [0.2, 0.25) is 0 Å². The summed E-state index contributed by atoms with van der Waals surface area (Å²) in [4.78, 5) is 0. The zero-order chi connectivity index (χ0) is 13.8. The van der Waals surface area contributed by atoms with Crippen LogP contribution in [0.1, 0.15) is 5.56 Å². The smallest absolute Gasteiger partial charge is 0.168 e. The van der Waals surface area contributed by atoms with Gasteiger partial charge in [-0.25, -0.2) is 0 Å². The Kier molecular flexibility index (Phi) is 4.39. The Hall–Kier alpha value is -1.59. The number of rotatable bonds is 3. The fourth-order valence-corrected chi connectivity index (χ4v) is 1.99. The molecule has 0 aliphatic heterocycles. The number of nitrogens with one attached hydrogen (secondary N) is 1. The molecule has 0 aliphatic carbocycles. The summed E-state index contributed by atoms with van der Waals surface area (Å²) in [5.74, 6) is 1.56. The Bertz CT molecular complexity index is 599.